The molecule has 8 atom stereocenters. The highest BCUT2D eigenvalue weighted by Gasteiger charge is 2.47. The van der Waals surface area contributed by atoms with Crippen LogP contribution >= 0.6 is 0 Å². The summed E-state index contributed by atoms with van der Waals surface area (Å²) >= 11 is 0. The molecule has 0 aromatic carbocycles. The molecule has 8 unspecified atom stereocenters. The van der Waals surface area contributed by atoms with E-state index in [0.717, 1.165) is 109 Å². The van der Waals surface area contributed by atoms with E-state index in [1.54, 1.807) is 6.08 Å². The first-order valence-corrected chi connectivity index (χ1v) is 31.5. The maximum atomic E-state index is 13.4. The van der Waals surface area contributed by atoms with Crippen molar-refractivity contribution in [3.05, 3.63) is 134 Å². The lowest BCUT2D eigenvalue weighted by atomic mass is 9.99. The van der Waals surface area contributed by atoms with Crippen molar-refractivity contribution < 1.29 is 49.3 Å². The molecule has 6 N–H and O–H groups in total. The average molecular weight is 1120 g/mol. The first kappa shape index (κ1) is 73.8. The van der Waals surface area contributed by atoms with Gasteiger partial charge in [0.2, 0.25) is 5.91 Å². The Hall–Kier alpha value is -4.20. The van der Waals surface area contributed by atoms with Crippen LogP contribution in [-0.4, -0.2) is 99.6 Å². The van der Waals surface area contributed by atoms with Crippen molar-refractivity contribution in [1.29, 1.82) is 0 Å². The molecule has 1 aliphatic rings. The third kappa shape index (κ3) is 42.6. The normalized spacial score (nSPS) is 19.7. The zero-order valence-corrected chi connectivity index (χ0v) is 50.1. The number of ether oxygens (including phenoxy) is 3. The summed E-state index contributed by atoms with van der Waals surface area (Å²) in [5.41, 5.74) is 0. The van der Waals surface area contributed by atoms with Crippen molar-refractivity contribution >= 4 is 11.9 Å². The maximum Gasteiger partial charge on any atom is 0.306 e. The summed E-state index contributed by atoms with van der Waals surface area (Å²) < 4.78 is 17.6. The molecular weight excluding hydrogens is 1000 g/mol. The topological polar surface area (TPSA) is 175 Å². The first-order valence-electron chi connectivity index (χ1n) is 31.5. The van der Waals surface area contributed by atoms with Crippen LogP contribution in [0.2, 0.25) is 0 Å². The van der Waals surface area contributed by atoms with Crippen LogP contribution in [0.4, 0.5) is 0 Å². The van der Waals surface area contributed by atoms with Gasteiger partial charge in [0.15, 0.2) is 12.4 Å². The van der Waals surface area contributed by atoms with Gasteiger partial charge in [-0.3, -0.25) is 9.59 Å². The zero-order chi connectivity index (χ0) is 58.2. The highest BCUT2D eigenvalue weighted by molar-refractivity contribution is 5.80. The Morgan fingerprint density at radius 2 is 0.950 bits per heavy atom. The predicted octanol–water partition coefficient (Wildman–Crippen LogP) is 15.2. The van der Waals surface area contributed by atoms with E-state index in [4.69, 9.17) is 14.2 Å². The van der Waals surface area contributed by atoms with Gasteiger partial charge in [0.1, 0.15) is 24.4 Å². The fraction of sp³-hybridized carbons (Fsp3) is 0.652. The molecule has 0 bridgehead atoms. The monoisotopic (exact) mass is 1120 g/mol. The van der Waals surface area contributed by atoms with Crippen LogP contribution in [0.1, 0.15) is 226 Å². The number of carbonyl (C=O) groups is 2. The van der Waals surface area contributed by atoms with E-state index in [1.165, 1.54) is 70.6 Å². The Labute approximate surface area is 486 Å². The Morgan fingerprint density at radius 1 is 0.512 bits per heavy atom. The van der Waals surface area contributed by atoms with Gasteiger partial charge in [-0.25, -0.2) is 0 Å². The summed E-state index contributed by atoms with van der Waals surface area (Å²) in [6, 6.07) is -1.05. The van der Waals surface area contributed by atoms with Crippen LogP contribution in [0.3, 0.4) is 0 Å². The smallest absolute Gasteiger partial charge is 0.306 e. The highest BCUT2D eigenvalue weighted by atomic mass is 16.7. The molecule has 0 saturated carbocycles. The second-order valence-electron chi connectivity index (χ2n) is 21.2. The van der Waals surface area contributed by atoms with Crippen LogP contribution in [0.15, 0.2) is 134 Å². The Bertz CT molecular complexity index is 1810. The summed E-state index contributed by atoms with van der Waals surface area (Å²) in [6.45, 7) is 5.57. The van der Waals surface area contributed by atoms with E-state index in [9.17, 15) is 35.1 Å². The standard InChI is InChI=1S/C69H113NO10/c1-4-7-10-13-16-19-22-25-27-29-30-31-32-33-35-36-38-41-44-47-50-53-56-62(73)68(77)70-60(61(72)55-52-49-46-43-40-24-21-18-15-12-9-6-3)59-78-69-67(66(76)65(75)63(58-71)79-69)80-64(74)57-54-51-48-45-42-39-37-34-28-26-23-20-17-14-11-8-5-2/h8,11,14,16-17,19-20,23,25-28,30-31,33-35,37,39,42,52,55,60-63,65-67,69,71-73,75-76H,4-7,9-10,12-13,15,18,21-22,24,29,32,36,38,40-41,43-51,53-54,56-59H2,1-3H3,(H,70,77)/b11-8-,17-14+,19-16-,23-20+,27-25-,28-26-,31-30-,35-33-,37-34+,42-39+,55-52+. The molecular formula is C69H113NO10. The van der Waals surface area contributed by atoms with E-state index in [2.05, 4.69) is 86.8 Å². The van der Waals surface area contributed by atoms with E-state index < -0.39 is 67.4 Å². The molecule has 0 radical (unpaired) electrons. The molecule has 454 valence electrons. The molecule has 1 saturated heterocycles. The third-order valence-electron chi connectivity index (χ3n) is 13.9. The van der Waals surface area contributed by atoms with Gasteiger partial charge in [-0.1, -0.05) is 264 Å². The van der Waals surface area contributed by atoms with Crippen molar-refractivity contribution in [2.45, 2.75) is 275 Å². The first-order chi connectivity index (χ1) is 39.2. The summed E-state index contributed by atoms with van der Waals surface area (Å²) in [5, 5.41) is 57.0. The van der Waals surface area contributed by atoms with Gasteiger partial charge < -0.3 is 45.1 Å². The van der Waals surface area contributed by atoms with Gasteiger partial charge in [-0.05, 0) is 89.9 Å². The number of hydrogen-bond donors (Lipinski definition) is 6. The molecule has 0 aromatic rings. The summed E-state index contributed by atoms with van der Waals surface area (Å²) in [7, 11) is 0. The second-order valence-corrected chi connectivity index (χ2v) is 21.2. The minimum atomic E-state index is -1.64. The van der Waals surface area contributed by atoms with E-state index in [-0.39, 0.29) is 19.4 Å². The SMILES string of the molecule is CC\C=C/C=C/C=C/C=C\C=C\C=C\CCCCCC(=O)OC1C(OCC(NC(=O)C(O)CCCCCCCC/C=C\C/C=C\C/C=C\C/C=C\CCCCC)C(O)/C=C/CCCCCCCCCCCC)OC(CO)C(O)C1O. The summed E-state index contributed by atoms with van der Waals surface area (Å²) in [5.74, 6) is -1.26. The van der Waals surface area contributed by atoms with E-state index in [1.807, 2.05) is 66.8 Å². The largest absolute Gasteiger partial charge is 0.454 e. The van der Waals surface area contributed by atoms with Crippen LogP contribution in [0, 0.1) is 0 Å². The molecule has 0 aliphatic carbocycles. The molecule has 1 rings (SSSR count). The molecule has 11 nitrogen and oxygen atoms in total. The number of carbonyl (C=O) groups excluding carboxylic acids is 2. The lowest BCUT2D eigenvalue weighted by Crippen LogP contribution is -2.61. The molecule has 80 heavy (non-hydrogen) atoms. The number of esters is 1. The number of hydrogen-bond acceptors (Lipinski definition) is 10. The molecule has 1 aliphatic heterocycles. The average Bonchev–Trinajstić information content (AvgIpc) is 3.45. The number of unbranched alkanes of at least 4 members (excludes halogenated alkanes) is 22. The highest BCUT2D eigenvalue weighted by Crippen LogP contribution is 2.26. The predicted molar refractivity (Wildman–Crippen MR) is 333 cm³/mol. The molecule has 11 heteroatoms. The third-order valence-corrected chi connectivity index (χ3v) is 13.9. The molecule has 1 fully saturated rings. The number of nitrogens with one attached hydrogen (secondary N) is 1. The number of amides is 1. The molecule has 0 spiro atoms. The molecule has 1 heterocycles. The number of aliphatic hydroxyl groups is 5. The van der Waals surface area contributed by atoms with Gasteiger partial charge in [0, 0.05) is 6.42 Å². The lowest BCUT2D eigenvalue weighted by molar-refractivity contribution is -0.305. The van der Waals surface area contributed by atoms with Gasteiger partial charge in [0.25, 0.3) is 0 Å². The van der Waals surface area contributed by atoms with Crippen LogP contribution in [0.25, 0.3) is 0 Å². The van der Waals surface area contributed by atoms with Gasteiger partial charge >= 0.3 is 5.97 Å². The molecule has 1 amide bonds. The summed E-state index contributed by atoms with van der Waals surface area (Å²) in [6.07, 6.45) is 67.6. The van der Waals surface area contributed by atoms with Crippen molar-refractivity contribution in [1.82, 2.24) is 5.32 Å². The lowest BCUT2D eigenvalue weighted by Gasteiger charge is -2.41. The Kier molecular flexibility index (Phi) is 51.1. The summed E-state index contributed by atoms with van der Waals surface area (Å²) in [4.78, 5) is 26.6. The van der Waals surface area contributed by atoms with Crippen molar-refractivity contribution in [3.8, 4) is 0 Å². The quantitative estimate of drug-likeness (QED) is 0.0149. The number of aliphatic hydroxyl groups excluding tert-OH is 5. The minimum absolute atomic E-state index is 0.0629. The Morgan fingerprint density at radius 3 is 1.49 bits per heavy atom. The van der Waals surface area contributed by atoms with E-state index in [0.29, 0.717) is 12.8 Å². The maximum absolute atomic E-state index is 13.4. The zero-order valence-electron chi connectivity index (χ0n) is 50.1. The minimum Gasteiger partial charge on any atom is -0.454 e. The number of allylic oxidation sites excluding steroid dienone is 21. The van der Waals surface area contributed by atoms with Crippen LogP contribution in [-0.2, 0) is 23.8 Å². The van der Waals surface area contributed by atoms with Crippen LogP contribution < -0.4 is 5.32 Å². The van der Waals surface area contributed by atoms with Crippen LogP contribution in [0.5, 0.6) is 0 Å². The fourth-order valence-electron chi connectivity index (χ4n) is 8.96. The van der Waals surface area contributed by atoms with Crippen molar-refractivity contribution in [2.24, 2.45) is 0 Å². The fourth-order valence-corrected chi connectivity index (χ4v) is 8.96. The van der Waals surface area contributed by atoms with E-state index >= 15 is 0 Å². The molecule has 0 aromatic heterocycles. The van der Waals surface area contributed by atoms with Gasteiger partial charge in [-0.2, -0.15) is 0 Å². The Balaban J connectivity index is 2.71. The van der Waals surface area contributed by atoms with Gasteiger partial charge in [0.05, 0.1) is 25.4 Å². The van der Waals surface area contributed by atoms with Crippen molar-refractivity contribution in [2.75, 3.05) is 13.2 Å². The second kappa shape index (κ2) is 55.3. The van der Waals surface area contributed by atoms with Gasteiger partial charge in [-0.15, -0.1) is 0 Å². The number of rotatable bonds is 51. The van der Waals surface area contributed by atoms with Crippen molar-refractivity contribution in [3.63, 3.8) is 0 Å².